The van der Waals surface area contributed by atoms with Crippen molar-refractivity contribution in [2.45, 2.75) is 12.8 Å². The van der Waals surface area contributed by atoms with Crippen LogP contribution in [0.15, 0.2) is 18.2 Å². The number of benzene rings is 1. The standard InChI is InChI=1S/C9H9Cl2NO4S/c1-6(5-17(11,15)16)8-3-2-7(10)4-9(8)12(13)14/h2-4,6H,5H2,1H3. The van der Waals surface area contributed by atoms with Crippen LogP contribution < -0.4 is 0 Å². The summed E-state index contributed by atoms with van der Waals surface area (Å²) in [6.07, 6.45) is 0. The fraction of sp³-hybridized carbons (Fsp3) is 0.333. The van der Waals surface area contributed by atoms with Gasteiger partial charge in [-0.2, -0.15) is 0 Å². The third-order valence-corrected chi connectivity index (χ3v) is 3.68. The van der Waals surface area contributed by atoms with Crippen LogP contribution in [0, 0.1) is 10.1 Å². The van der Waals surface area contributed by atoms with Gasteiger partial charge >= 0.3 is 0 Å². The second-order valence-corrected chi connectivity index (χ2v) is 6.82. The van der Waals surface area contributed by atoms with Crippen LogP contribution >= 0.6 is 22.3 Å². The Morgan fingerprint density at radius 2 is 2.06 bits per heavy atom. The fourth-order valence-electron chi connectivity index (χ4n) is 1.48. The second-order valence-electron chi connectivity index (χ2n) is 3.57. The van der Waals surface area contributed by atoms with Gasteiger partial charge in [-0.3, -0.25) is 10.1 Å². The quantitative estimate of drug-likeness (QED) is 0.486. The van der Waals surface area contributed by atoms with E-state index in [-0.39, 0.29) is 16.5 Å². The molecule has 0 spiro atoms. The Kier molecular flexibility index (Phi) is 4.35. The van der Waals surface area contributed by atoms with Crippen molar-refractivity contribution >= 4 is 37.0 Å². The second kappa shape index (κ2) is 5.20. The van der Waals surface area contributed by atoms with Gasteiger partial charge in [0.25, 0.3) is 5.69 Å². The maximum absolute atomic E-state index is 10.9. The molecule has 1 aromatic carbocycles. The number of nitrogens with zero attached hydrogens (tertiary/aromatic N) is 1. The summed E-state index contributed by atoms with van der Waals surface area (Å²) in [5.41, 5.74) is 0.0916. The van der Waals surface area contributed by atoms with Crippen LogP contribution in [-0.4, -0.2) is 19.1 Å². The number of rotatable bonds is 4. The Morgan fingerprint density at radius 3 is 2.53 bits per heavy atom. The number of nitro benzene ring substituents is 1. The van der Waals surface area contributed by atoms with E-state index in [2.05, 4.69) is 0 Å². The molecule has 1 aromatic rings. The highest BCUT2D eigenvalue weighted by molar-refractivity contribution is 8.13. The summed E-state index contributed by atoms with van der Waals surface area (Å²) >= 11 is 5.65. The first-order valence-corrected chi connectivity index (χ1v) is 7.42. The highest BCUT2D eigenvalue weighted by atomic mass is 35.7. The minimum atomic E-state index is -3.71. The van der Waals surface area contributed by atoms with Crippen LogP contribution in [-0.2, 0) is 9.05 Å². The molecule has 1 unspecified atom stereocenters. The zero-order valence-electron chi connectivity index (χ0n) is 8.76. The Morgan fingerprint density at radius 1 is 1.47 bits per heavy atom. The average molecular weight is 298 g/mol. The third-order valence-electron chi connectivity index (χ3n) is 2.17. The first-order valence-electron chi connectivity index (χ1n) is 4.57. The lowest BCUT2D eigenvalue weighted by Crippen LogP contribution is -2.09. The van der Waals surface area contributed by atoms with Crippen molar-refractivity contribution in [2.24, 2.45) is 0 Å². The van der Waals surface area contributed by atoms with Crippen LogP contribution in [0.4, 0.5) is 5.69 Å². The van der Waals surface area contributed by atoms with E-state index in [1.165, 1.54) is 18.2 Å². The van der Waals surface area contributed by atoms with Gasteiger partial charge in [-0.15, -0.1) is 0 Å². The van der Waals surface area contributed by atoms with Crippen molar-refractivity contribution in [3.05, 3.63) is 38.9 Å². The van der Waals surface area contributed by atoms with E-state index in [9.17, 15) is 18.5 Å². The topological polar surface area (TPSA) is 77.3 Å². The molecule has 0 radical (unpaired) electrons. The zero-order valence-corrected chi connectivity index (χ0v) is 11.1. The van der Waals surface area contributed by atoms with Crippen LogP contribution in [0.1, 0.15) is 18.4 Å². The molecule has 94 valence electrons. The maximum Gasteiger partial charge on any atom is 0.274 e. The van der Waals surface area contributed by atoms with E-state index in [0.717, 1.165) is 0 Å². The van der Waals surface area contributed by atoms with Gasteiger partial charge in [0.05, 0.1) is 10.7 Å². The highest BCUT2D eigenvalue weighted by Gasteiger charge is 2.23. The van der Waals surface area contributed by atoms with E-state index in [1.54, 1.807) is 6.92 Å². The number of nitro groups is 1. The predicted molar refractivity (Wildman–Crippen MR) is 66.2 cm³/mol. The fourth-order valence-corrected chi connectivity index (χ4v) is 2.99. The average Bonchev–Trinajstić information content (AvgIpc) is 2.14. The lowest BCUT2D eigenvalue weighted by molar-refractivity contribution is -0.385. The molecule has 0 N–H and O–H groups in total. The smallest absolute Gasteiger partial charge is 0.258 e. The summed E-state index contributed by atoms with van der Waals surface area (Å²) in [6.45, 7) is 1.55. The molecule has 0 bridgehead atoms. The minimum absolute atomic E-state index is 0.203. The van der Waals surface area contributed by atoms with Crippen molar-refractivity contribution in [1.82, 2.24) is 0 Å². The lowest BCUT2D eigenvalue weighted by Gasteiger charge is -2.10. The SMILES string of the molecule is CC(CS(=O)(=O)Cl)c1ccc(Cl)cc1[N+](=O)[O-]. The first-order chi connectivity index (χ1) is 7.70. The molecular formula is C9H9Cl2NO4S. The molecule has 17 heavy (non-hydrogen) atoms. The van der Waals surface area contributed by atoms with Gasteiger partial charge < -0.3 is 0 Å². The Hall–Kier alpha value is -0.850. The van der Waals surface area contributed by atoms with Gasteiger partial charge in [-0.25, -0.2) is 8.42 Å². The molecule has 0 aromatic heterocycles. The van der Waals surface area contributed by atoms with Crippen LogP contribution in [0.2, 0.25) is 5.02 Å². The van der Waals surface area contributed by atoms with Crippen molar-refractivity contribution in [3.63, 3.8) is 0 Å². The van der Waals surface area contributed by atoms with Crippen LogP contribution in [0.3, 0.4) is 0 Å². The Labute approximate surface area is 108 Å². The van der Waals surface area contributed by atoms with Crippen molar-refractivity contribution < 1.29 is 13.3 Å². The maximum atomic E-state index is 10.9. The van der Waals surface area contributed by atoms with E-state index in [0.29, 0.717) is 5.56 Å². The van der Waals surface area contributed by atoms with Gasteiger partial charge in [0, 0.05) is 33.3 Å². The molecule has 0 aliphatic rings. The summed E-state index contributed by atoms with van der Waals surface area (Å²) in [6, 6.07) is 4.10. The molecule has 8 heteroatoms. The highest BCUT2D eigenvalue weighted by Crippen LogP contribution is 2.30. The number of hydrogen-bond acceptors (Lipinski definition) is 4. The molecule has 1 rings (SSSR count). The molecule has 1 atom stereocenters. The summed E-state index contributed by atoms with van der Waals surface area (Å²) in [5.74, 6) is -0.938. The summed E-state index contributed by atoms with van der Waals surface area (Å²) in [4.78, 5) is 10.2. The van der Waals surface area contributed by atoms with Crippen molar-refractivity contribution in [2.75, 3.05) is 5.75 Å². The lowest BCUT2D eigenvalue weighted by atomic mass is 10.0. The first kappa shape index (κ1) is 14.2. The van der Waals surface area contributed by atoms with Gasteiger partial charge in [0.1, 0.15) is 0 Å². The molecule has 0 heterocycles. The molecule has 0 saturated carbocycles. The number of halogens is 2. The van der Waals surface area contributed by atoms with Crippen LogP contribution in [0.25, 0.3) is 0 Å². The molecule has 0 amide bonds. The summed E-state index contributed by atoms with van der Waals surface area (Å²) < 4.78 is 21.9. The number of hydrogen-bond donors (Lipinski definition) is 0. The Bertz CT molecular complexity index is 544. The monoisotopic (exact) mass is 297 g/mol. The molecule has 5 nitrogen and oxygen atoms in total. The molecule has 0 aliphatic heterocycles. The zero-order chi connectivity index (χ0) is 13.2. The molecule has 0 saturated heterocycles. The van der Waals surface area contributed by atoms with Crippen molar-refractivity contribution in [1.29, 1.82) is 0 Å². The molecule has 0 fully saturated rings. The van der Waals surface area contributed by atoms with Gasteiger partial charge in [0.2, 0.25) is 9.05 Å². The predicted octanol–water partition coefficient (Wildman–Crippen LogP) is 2.92. The van der Waals surface area contributed by atoms with E-state index in [1.807, 2.05) is 0 Å². The summed E-state index contributed by atoms with van der Waals surface area (Å²) in [5, 5.41) is 11.0. The molecule has 0 aliphatic carbocycles. The van der Waals surface area contributed by atoms with E-state index in [4.69, 9.17) is 22.3 Å². The van der Waals surface area contributed by atoms with Crippen LogP contribution in [0.5, 0.6) is 0 Å². The molecular weight excluding hydrogens is 289 g/mol. The summed E-state index contributed by atoms with van der Waals surface area (Å²) in [7, 11) is 1.41. The minimum Gasteiger partial charge on any atom is -0.258 e. The third kappa shape index (κ3) is 4.14. The van der Waals surface area contributed by atoms with Gasteiger partial charge in [0.15, 0.2) is 0 Å². The van der Waals surface area contributed by atoms with Gasteiger partial charge in [-0.05, 0) is 6.07 Å². The van der Waals surface area contributed by atoms with E-state index < -0.39 is 19.9 Å². The van der Waals surface area contributed by atoms with Gasteiger partial charge in [-0.1, -0.05) is 24.6 Å². The van der Waals surface area contributed by atoms with E-state index >= 15 is 0 Å². The Balaban J connectivity index is 3.17. The normalized spacial score (nSPS) is 13.4. The largest absolute Gasteiger partial charge is 0.274 e. The van der Waals surface area contributed by atoms with Crippen molar-refractivity contribution in [3.8, 4) is 0 Å².